The SMILES string of the molecule is CNc1ncccc1C(=O)NCCCc1ccccc1. The zero-order valence-corrected chi connectivity index (χ0v) is 11.6. The molecule has 4 nitrogen and oxygen atoms in total. The molecule has 0 radical (unpaired) electrons. The number of pyridine rings is 1. The van der Waals surface area contributed by atoms with E-state index in [1.54, 1.807) is 25.4 Å². The molecule has 1 amide bonds. The van der Waals surface area contributed by atoms with Gasteiger partial charge in [-0.3, -0.25) is 4.79 Å². The summed E-state index contributed by atoms with van der Waals surface area (Å²) in [5, 5.41) is 5.85. The molecule has 2 aromatic rings. The van der Waals surface area contributed by atoms with Crippen LogP contribution in [0.4, 0.5) is 5.82 Å². The molecule has 0 saturated heterocycles. The third kappa shape index (κ3) is 3.82. The van der Waals surface area contributed by atoms with Crippen LogP contribution in [0.5, 0.6) is 0 Å². The van der Waals surface area contributed by atoms with Gasteiger partial charge in [0.05, 0.1) is 5.56 Å². The molecular formula is C16H19N3O. The van der Waals surface area contributed by atoms with Gasteiger partial charge in [-0.2, -0.15) is 0 Å². The average molecular weight is 269 g/mol. The highest BCUT2D eigenvalue weighted by molar-refractivity contribution is 5.98. The minimum atomic E-state index is -0.0875. The maximum absolute atomic E-state index is 12.0. The highest BCUT2D eigenvalue weighted by Crippen LogP contribution is 2.10. The molecule has 1 aromatic heterocycles. The first-order chi connectivity index (χ1) is 9.81. The van der Waals surface area contributed by atoms with E-state index >= 15 is 0 Å². The molecule has 0 atom stereocenters. The molecule has 1 aromatic carbocycles. The summed E-state index contributed by atoms with van der Waals surface area (Å²) >= 11 is 0. The van der Waals surface area contributed by atoms with Gasteiger partial charge in [-0.1, -0.05) is 30.3 Å². The fraction of sp³-hybridized carbons (Fsp3) is 0.250. The molecule has 0 aliphatic rings. The normalized spacial score (nSPS) is 10.1. The second-order valence-electron chi connectivity index (χ2n) is 4.49. The fourth-order valence-corrected chi connectivity index (χ4v) is 2.02. The van der Waals surface area contributed by atoms with Crippen molar-refractivity contribution in [2.24, 2.45) is 0 Å². The molecule has 4 heteroatoms. The first kappa shape index (κ1) is 14.1. The van der Waals surface area contributed by atoms with Gasteiger partial charge < -0.3 is 10.6 Å². The van der Waals surface area contributed by atoms with E-state index in [0.29, 0.717) is 17.9 Å². The zero-order chi connectivity index (χ0) is 14.2. The predicted molar refractivity (Wildman–Crippen MR) is 80.9 cm³/mol. The average Bonchev–Trinajstić information content (AvgIpc) is 2.52. The standard InChI is InChI=1S/C16H19N3O/c1-17-15-14(10-6-11-18-15)16(20)19-12-5-9-13-7-3-2-4-8-13/h2-4,6-8,10-11H,5,9,12H2,1H3,(H,17,18)(H,19,20). The van der Waals surface area contributed by atoms with Crippen molar-refractivity contribution in [2.75, 3.05) is 18.9 Å². The highest BCUT2D eigenvalue weighted by atomic mass is 16.1. The van der Waals surface area contributed by atoms with Gasteiger partial charge >= 0.3 is 0 Å². The number of hydrogen-bond acceptors (Lipinski definition) is 3. The lowest BCUT2D eigenvalue weighted by atomic mass is 10.1. The van der Waals surface area contributed by atoms with Crippen molar-refractivity contribution < 1.29 is 4.79 Å². The van der Waals surface area contributed by atoms with Crippen LogP contribution in [0.15, 0.2) is 48.7 Å². The van der Waals surface area contributed by atoms with E-state index in [4.69, 9.17) is 0 Å². The monoisotopic (exact) mass is 269 g/mol. The number of nitrogens with one attached hydrogen (secondary N) is 2. The van der Waals surface area contributed by atoms with E-state index in [-0.39, 0.29) is 5.91 Å². The molecule has 2 rings (SSSR count). The van der Waals surface area contributed by atoms with E-state index in [9.17, 15) is 4.79 Å². The van der Waals surface area contributed by atoms with Gasteiger partial charge in [0.25, 0.3) is 5.91 Å². The summed E-state index contributed by atoms with van der Waals surface area (Å²) in [5.74, 6) is 0.517. The van der Waals surface area contributed by atoms with Crippen molar-refractivity contribution in [1.29, 1.82) is 0 Å². The number of amides is 1. The van der Waals surface area contributed by atoms with Crippen molar-refractivity contribution in [1.82, 2.24) is 10.3 Å². The maximum atomic E-state index is 12.0. The summed E-state index contributed by atoms with van der Waals surface area (Å²) in [6.45, 7) is 0.659. The predicted octanol–water partition coefficient (Wildman–Crippen LogP) is 2.49. The molecule has 0 saturated carbocycles. The molecule has 0 aliphatic heterocycles. The van der Waals surface area contributed by atoms with Gasteiger partial charge in [0.1, 0.15) is 5.82 Å². The Hall–Kier alpha value is -2.36. The van der Waals surface area contributed by atoms with Crippen LogP contribution >= 0.6 is 0 Å². The summed E-state index contributed by atoms with van der Waals surface area (Å²) in [6, 6.07) is 13.8. The van der Waals surface area contributed by atoms with Crippen LogP contribution in [-0.4, -0.2) is 24.5 Å². The Morgan fingerprint density at radius 3 is 2.70 bits per heavy atom. The Morgan fingerprint density at radius 1 is 1.15 bits per heavy atom. The third-order valence-electron chi connectivity index (χ3n) is 3.06. The highest BCUT2D eigenvalue weighted by Gasteiger charge is 2.09. The van der Waals surface area contributed by atoms with Crippen LogP contribution < -0.4 is 10.6 Å². The van der Waals surface area contributed by atoms with E-state index in [0.717, 1.165) is 12.8 Å². The van der Waals surface area contributed by atoms with E-state index in [1.807, 2.05) is 18.2 Å². The molecule has 1 heterocycles. The van der Waals surface area contributed by atoms with E-state index in [2.05, 4.69) is 27.8 Å². The Morgan fingerprint density at radius 2 is 1.95 bits per heavy atom. The van der Waals surface area contributed by atoms with Crippen LogP contribution in [0.2, 0.25) is 0 Å². The number of hydrogen-bond donors (Lipinski definition) is 2. The minimum Gasteiger partial charge on any atom is -0.372 e. The lowest BCUT2D eigenvalue weighted by molar-refractivity contribution is 0.0953. The summed E-state index contributed by atoms with van der Waals surface area (Å²) in [5.41, 5.74) is 1.87. The number of anilines is 1. The van der Waals surface area contributed by atoms with Crippen LogP contribution in [0, 0.1) is 0 Å². The topological polar surface area (TPSA) is 54.0 Å². The second-order valence-corrected chi connectivity index (χ2v) is 4.49. The lowest BCUT2D eigenvalue weighted by Crippen LogP contribution is -2.25. The van der Waals surface area contributed by atoms with Crippen molar-refractivity contribution in [3.63, 3.8) is 0 Å². The summed E-state index contributed by atoms with van der Waals surface area (Å²) in [7, 11) is 1.76. The molecule has 0 unspecified atom stereocenters. The molecular weight excluding hydrogens is 250 g/mol. The van der Waals surface area contributed by atoms with Crippen molar-refractivity contribution in [3.8, 4) is 0 Å². The van der Waals surface area contributed by atoms with E-state index < -0.39 is 0 Å². The molecule has 104 valence electrons. The largest absolute Gasteiger partial charge is 0.372 e. The third-order valence-corrected chi connectivity index (χ3v) is 3.06. The van der Waals surface area contributed by atoms with E-state index in [1.165, 1.54) is 5.56 Å². The summed E-state index contributed by atoms with van der Waals surface area (Å²) < 4.78 is 0. The molecule has 0 spiro atoms. The van der Waals surface area contributed by atoms with Gasteiger partial charge in [-0.15, -0.1) is 0 Å². The van der Waals surface area contributed by atoms with Gasteiger partial charge in [-0.05, 0) is 30.5 Å². The van der Waals surface area contributed by atoms with Gasteiger partial charge in [0.15, 0.2) is 0 Å². The number of aryl methyl sites for hydroxylation is 1. The number of nitrogens with zero attached hydrogens (tertiary/aromatic N) is 1. The first-order valence-electron chi connectivity index (χ1n) is 6.76. The molecule has 0 bridgehead atoms. The first-order valence-corrected chi connectivity index (χ1v) is 6.76. The Bertz CT molecular complexity index is 555. The van der Waals surface area contributed by atoms with Crippen LogP contribution in [0.25, 0.3) is 0 Å². The number of carbonyl (C=O) groups is 1. The van der Waals surface area contributed by atoms with Crippen molar-refractivity contribution in [2.45, 2.75) is 12.8 Å². The second kappa shape index (κ2) is 7.28. The summed E-state index contributed by atoms with van der Waals surface area (Å²) in [4.78, 5) is 16.2. The van der Waals surface area contributed by atoms with Crippen LogP contribution in [0.1, 0.15) is 22.3 Å². The van der Waals surface area contributed by atoms with Crippen LogP contribution in [0.3, 0.4) is 0 Å². The summed E-state index contributed by atoms with van der Waals surface area (Å²) in [6.07, 6.45) is 3.55. The quantitative estimate of drug-likeness (QED) is 0.792. The maximum Gasteiger partial charge on any atom is 0.255 e. The van der Waals surface area contributed by atoms with Gasteiger partial charge in [0, 0.05) is 19.8 Å². The number of aromatic nitrogens is 1. The Labute approximate surface area is 119 Å². The Balaban J connectivity index is 1.81. The number of benzene rings is 1. The molecule has 2 N–H and O–H groups in total. The van der Waals surface area contributed by atoms with Gasteiger partial charge in [0.2, 0.25) is 0 Å². The molecule has 0 fully saturated rings. The zero-order valence-electron chi connectivity index (χ0n) is 11.6. The van der Waals surface area contributed by atoms with Crippen LogP contribution in [-0.2, 0) is 6.42 Å². The van der Waals surface area contributed by atoms with Gasteiger partial charge in [-0.25, -0.2) is 4.98 Å². The number of carbonyl (C=O) groups excluding carboxylic acids is 1. The lowest BCUT2D eigenvalue weighted by Gasteiger charge is -2.08. The van der Waals surface area contributed by atoms with Crippen molar-refractivity contribution in [3.05, 3.63) is 59.8 Å². The van der Waals surface area contributed by atoms with Crippen molar-refractivity contribution >= 4 is 11.7 Å². The fourth-order valence-electron chi connectivity index (χ4n) is 2.02. The number of rotatable bonds is 6. The Kier molecular flexibility index (Phi) is 5.12. The smallest absolute Gasteiger partial charge is 0.255 e. The molecule has 0 aliphatic carbocycles. The minimum absolute atomic E-state index is 0.0875. The molecule has 20 heavy (non-hydrogen) atoms.